The Morgan fingerprint density at radius 3 is 1.29 bits per heavy atom. The third kappa shape index (κ3) is 2.71. The van der Waals surface area contributed by atoms with E-state index >= 15 is 0 Å². The van der Waals surface area contributed by atoms with E-state index in [1.54, 1.807) is 0 Å². The van der Waals surface area contributed by atoms with E-state index in [-0.39, 0.29) is 0 Å². The van der Waals surface area contributed by atoms with Crippen LogP contribution < -0.4 is 9.80 Å². The Morgan fingerprint density at radius 2 is 1.00 bits per heavy atom. The van der Waals surface area contributed by atoms with E-state index in [2.05, 4.69) is 100 Å². The maximum Gasteiger partial charge on any atom is 0.112 e. The van der Waals surface area contributed by atoms with Gasteiger partial charge in [0.15, 0.2) is 0 Å². The lowest BCUT2D eigenvalue weighted by atomic mass is 10.0. The van der Waals surface area contributed by atoms with Gasteiger partial charge in [-0.25, -0.2) is 0 Å². The van der Waals surface area contributed by atoms with Gasteiger partial charge in [0.2, 0.25) is 0 Å². The highest BCUT2D eigenvalue weighted by atomic mass is 15.4. The Kier molecular flexibility index (Phi) is 4.40. The first kappa shape index (κ1) is 16.6. The molecule has 0 aliphatic carbocycles. The lowest BCUT2D eigenvalue weighted by molar-refractivity contribution is 0.499. The second-order valence-corrected chi connectivity index (χ2v) is 7.25. The van der Waals surface area contributed by atoms with E-state index in [4.69, 9.17) is 0 Å². The van der Waals surface area contributed by atoms with Gasteiger partial charge in [-0.15, -0.1) is 0 Å². The van der Waals surface area contributed by atoms with Crippen LogP contribution in [0.5, 0.6) is 0 Å². The predicted molar refractivity (Wildman–Crippen MR) is 105 cm³/mol. The predicted octanol–water partition coefficient (Wildman–Crippen LogP) is 5.70. The summed E-state index contributed by atoms with van der Waals surface area (Å²) < 4.78 is 0. The fraction of sp³-hybridized carbons (Fsp3) is 0.364. The first-order chi connectivity index (χ1) is 11.4. The Morgan fingerprint density at radius 1 is 0.667 bits per heavy atom. The molecule has 1 aliphatic heterocycles. The second kappa shape index (κ2) is 6.35. The van der Waals surface area contributed by atoms with Crippen LogP contribution in [0.15, 0.2) is 48.8 Å². The zero-order valence-electron chi connectivity index (χ0n) is 15.7. The maximum absolute atomic E-state index is 2.45. The van der Waals surface area contributed by atoms with Gasteiger partial charge in [-0.2, -0.15) is 0 Å². The summed E-state index contributed by atoms with van der Waals surface area (Å²) in [5.74, 6) is 0.498. The van der Waals surface area contributed by atoms with Crippen LogP contribution >= 0.6 is 0 Å². The van der Waals surface area contributed by atoms with Crippen molar-refractivity contribution in [2.45, 2.75) is 47.7 Å². The quantitative estimate of drug-likeness (QED) is 0.715. The molecule has 2 aromatic rings. The van der Waals surface area contributed by atoms with Crippen molar-refractivity contribution in [3.8, 4) is 0 Å². The molecule has 0 N–H and O–H groups in total. The van der Waals surface area contributed by atoms with Gasteiger partial charge in [-0.1, -0.05) is 50.2 Å². The van der Waals surface area contributed by atoms with Gasteiger partial charge in [0.05, 0.1) is 0 Å². The maximum atomic E-state index is 2.45. The SMILES string of the molecule is Cc1cccc(C)c1N1C=CN(c2c(C)cccc2C)C1C(C)C. The van der Waals surface area contributed by atoms with Crippen LogP contribution in [0, 0.1) is 33.6 Å². The molecule has 1 aliphatic rings. The average molecular weight is 320 g/mol. The molecule has 0 amide bonds. The summed E-state index contributed by atoms with van der Waals surface area (Å²) in [6.45, 7) is 13.4. The zero-order chi connectivity index (χ0) is 17.4. The molecular weight excluding hydrogens is 292 g/mol. The van der Waals surface area contributed by atoms with Crippen LogP contribution in [0.25, 0.3) is 0 Å². The molecule has 2 aromatic carbocycles. The highest BCUT2D eigenvalue weighted by molar-refractivity contribution is 5.69. The fourth-order valence-corrected chi connectivity index (χ4v) is 3.94. The summed E-state index contributed by atoms with van der Waals surface area (Å²) in [5.41, 5.74) is 7.98. The molecule has 0 unspecified atom stereocenters. The molecule has 2 heteroatoms. The van der Waals surface area contributed by atoms with E-state index in [1.807, 2.05) is 0 Å². The Bertz CT molecular complexity index is 672. The van der Waals surface area contributed by atoms with Crippen LogP contribution in [-0.2, 0) is 0 Å². The number of benzene rings is 2. The van der Waals surface area contributed by atoms with Crippen molar-refractivity contribution >= 4 is 11.4 Å². The first-order valence-electron chi connectivity index (χ1n) is 8.79. The normalized spacial score (nSPS) is 15.0. The monoisotopic (exact) mass is 320 g/mol. The molecule has 2 nitrogen and oxygen atoms in total. The van der Waals surface area contributed by atoms with Crippen molar-refractivity contribution in [2.75, 3.05) is 9.80 Å². The minimum Gasteiger partial charge on any atom is -0.325 e. The van der Waals surface area contributed by atoms with Crippen LogP contribution in [0.4, 0.5) is 11.4 Å². The zero-order valence-corrected chi connectivity index (χ0v) is 15.7. The number of aryl methyl sites for hydroxylation is 4. The van der Waals surface area contributed by atoms with Crippen molar-refractivity contribution in [3.63, 3.8) is 0 Å². The Balaban J connectivity index is 2.09. The Hall–Kier alpha value is -2.22. The molecule has 0 fully saturated rings. The molecule has 3 rings (SSSR count). The number of nitrogens with zero attached hydrogens (tertiary/aromatic N) is 2. The third-order valence-electron chi connectivity index (χ3n) is 4.95. The van der Waals surface area contributed by atoms with Gasteiger partial charge < -0.3 is 9.80 Å². The largest absolute Gasteiger partial charge is 0.325 e. The topological polar surface area (TPSA) is 6.48 Å². The molecule has 0 spiro atoms. The van der Waals surface area contributed by atoms with Crippen LogP contribution in [-0.4, -0.2) is 6.17 Å². The van der Waals surface area contributed by atoms with Crippen molar-refractivity contribution in [1.29, 1.82) is 0 Å². The molecule has 0 saturated carbocycles. The fourth-order valence-electron chi connectivity index (χ4n) is 3.94. The summed E-state index contributed by atoms with van der Waals surface area (Å²) >= 11 is 0. The molecule has 1 heterocycles. The highest BCUT2D eigenvalue weighted by Gasteiger charge is 2.33. The van der Waals surface area contributed by atoms with Gasteiger partial charge in [-0.05, 0) is 55.9 Å². The molecule has 0 bridgehead atoms. The van der Waals surface area contributed by atoms with Gasteiger partial charge in [0.1, 0.15) is 6.17 Å². The molecule has 0 radical (unpaired) electrons. The lowest BCUT2D eigenvalue weighted by Crippen LogP contribution is -2.43. The molecule has 0 aromatic heterocycles. The summed E-state index contributed by atoms with van der Waals surface area (Å²) in [6.07, 6.45) is 4.78. The number of hydrogen-bond acceptors (Lipinski definition) is 2. The van der Waals surface area contributed by atoms with Gasteiger partial charge in [0.25, 0.3) is 0 Å². The molecular formula is C22H28N2. The summed E-state index contributed by atoms with van der Waals surface area (Å²) in [5, 5.41) is 0. The van der Waals surface area contributed by atoms with Crippen LogP contribution in [0.3, 0.4) is 0 Å². The van der Waals surface area contributed by atoms with E-state index in [9.17, 15) is 0 Å². The van der Waals surface area contributed by atoms with Crippen molar-refractivity contribution in [1.82, 2.24) is 0 Å². The smallest absolute Gasteiger partial charge is 0.112 e. The number of hydrogen-bond donors (Lipinski definition) is 0. The van der Waals surface area contributed by atoms with Crippen LogP contribution in [0.2, 0.25) is 0 Å². The molecule has 126 valence electrons. The number of rotatable bonds is 3. The minimum absolute atomic E-state index is 0.296. The average Bonchev–Trinajstić information content (AvgIpc) is 2.91. The molecule has 0 saturated heterocycles. The van der Waals surface area contributed by atoms with E-state index in [1.165, 1.54) is 33.6 Å². The Labute approximate surface area is 146 Å². The van der Waals surface area contributed by atoms with Gasteiger partial charge in [0, 0.05) is 23.8 Å². The van der Waals surface area contributed by atoms with Crippen molar-refractivity contribution in [2.24, 2.45) is 5.92 Å². The summed E-state index contributed by atoms with van der Waals surface area (Å²) in [6, 6.07) is 13.1. The van der Waals surface area contributed by atoms with Gasteiger partial charge >= 0.3 is 0 Å². The van der Waals surface area contributed by atoms with E-state index in [0.717, 1.165) is 0 Å². The number of anilines is 2. The second-order valence-electron chi connectivity index (χ2n) is 7.25. The summed E-state index contributed by atoms with van der Waals surface area (Å²) in [7, 11) is 0. The standard InChI is InChI=1S/C22H28N2/c1-15(2)22-23(20-16(3)9-7-10-17(20)4)13-14-24(22)21-18(5)11-8-12-19(21)6/h7-15,22H,1-6H3. The van der Waals surface area contributed by atoms with E-state index in [0.29, 0.717) is 12.1 Å². The van der Waals surface area contributed by atoms with Crippen molar-refractivity contribution in [3.05, 3.63) is 71.1 Å². The third-order valence-corrected chi connectivity index (χ3v) is 4.95. The number of para-hydroxylation sites is 2. The lowest BCUT2D eigenvalue weighted by Gasteiger charge is -2.38. The molecule has 24 heavy (non-hydrogen) atoms. The first-order valence-corrected chi connectivity index (χ1v) is 8.79. The van der Waals surface area contributed by atoms with E-state index < -0.39 is 0 Å². The van der Waals surface area contributed by atoms with Gasteiger partial charge in [-0.3, -0.25) is 0 Å². The van der Waals surface area contributed by atoms with Crippen LogP contribution in [0.1, 0.15) is 36.1 Å². The highest BCUT2D eigenvalue weighted by Crippen LogP contribution is 2.38. The minimum atomic E-state index is 0.296. The van der Waals surface area contributed by atoms with Crippen molar-refractivity contribution < 1.29 is 0 Å². The molecule has 0 atom stereocenters. The summed E-state index contributed by atoms with van der Waals surface area (Å²) in [4.78, 5) is 4.89.